The number of hydrogen-bond acceptors (Lipinski definition) is 6. The van der Waals surface area contributed by atoms with E-state index >= 15 is 0 Å². The Kier molecular flexibility index (Phi) is 5.30. The molecule has 1 aromatic heterocycles. The van der Waals surface area contributed by atoms with Crippen molar-refractivity contribution in [3.05, 3.63) is 21.1 Å². The number of piperidine rings is 1. The molecule has 0 amide bonds. The Morgan fingerprint density at radius 2 is 2.29 bits per heavy atom. The Labute approximate surface area is 128 Å². The summed E-state index contributed by atoms with van der Waals surface area (Å²) in [6.45, 7) is 5.63. The van der Waals surface area contributed by atoms with Crippen LogP contribution in [0.1, 0.15) is 31.9 Å². The number of aromatic nitrogens is 2. The first-order valence-electron chi connectivity index (χ1n) is 7.08. The first-order valence-corrected chi connectivity index (χ1v) is 7.45. The molecule has 0 spiro atoms. The molecule has 0 saturated carbocycles. The van der Waals surface area contributed by atoms with Crippen molar-refractivity contribution in [2.45, 2.75) is 39.2 Å². The molecule has 1 aromatic rings. The Morgan fingerprint density at radius 1 is 1.52 bits per heavy atom. The van der Waals surface area contributed by atoms with Gasteiger partial charge < -0.3 is 9.64 Å². The smallest absolute Gasteiger partial charge is 0.332 e. The highest BCUT2D eigenvalue weighted by Crippen LogP contribution is 2.31. The predicted molar refractivity (Wildman–Crippen MR) is 79.9 cm³/mol. The van der Waals surface area contributed by atoms with E-state index < -0.39 is 4.92 Å². The summed E-state index contributed by atoms with van der Waals surface area (Å²) in [5.74, 6) is 0.294. The average Bonchev–Trinajstić information content (AvgIpc) is 2.44. The van der Waals surface area contributed by atoms with Crippen molar-refractivity contribution < 1.29 is 9.66 Å². The average molecular weight is 315 g/mol. The lowest BCUT2D eigenvalue weighted by molar-refractivity contribution is -0.385. The molecule has 0 aromatic carbocycles. The van der Waals surface area contributed by atoms with Gasteiger partial charge in [-0.05, 0) is 37.8 Å². The summed E-state index contributed by atoms with van der Waals surface area (Å²) < 4.78 is 5.76. The van der Waals surface area contributed by atoms with E-state index in [4.69, 9.17) is 16.3 Å². The van der Waals surface area contributed by atoms with E-state index in [-0.39, 0.29) is 22.8 Å². The second-order valence-electron chi connectivity index (χ2n) is 5.09. The lowest BCUT2D eigenvalue weighted by Gasteiger charge is -2.33. The summed E-state index contributed by atoms with van der Waals surface area (Å²) in [6, 6.07) is 0. The quantitative estimate of drug-likeness (QED) is 0.472. The number of rotatable bonds is 5. The van der Waals surface area contributed by atoms with Crippen molar-refractivity contribution in [2.75, 3.05) is 24.6 Å². The zero-order chi connectivity index (χ0) is 15.4. The van der Waals surface area contributed by atoms with Crippen molar-refractivity contribution in [2.24, 2.45) is 0 Å². The summed E-state index contributed by atoms with van der Waals surface area (Å²) in [5, 5.41) is 11.3. The molecule has 0 radical (unpaired) electrons. The predicted octanol–water partition coefficient (Wildman–Crippen LogP) is 2.74. The number of halogens is 1. The molecule has 0 bridgehead atoms. The van der Waals surface area contributed by atoms with Gasteiger partial charge in [-0.25, -0.2) is 4.98 Å². The van der Waals surface area contributed by atoms with Gasteiger partial charge in [0.15, 0.2) is 0 Å². The van der Waals surface area contributed by atoms with E-state index in [1.165, 1.54) is 0 Å². The number of anilines is 1. The Hall–Kier alpha value is -1.47. The summed E-state index contributed by atoms with van der Waals surface area (Å²) >= 11 is 5.86. The van der Waals surface area contributed by atoms with Gasteiger partial charge in [0.2, 0.25) is 11.1 Å². The molecule has 7 nitrogen and oxygen atoms in total. The van der Waals surface area contributed by atoms with Crippen molar-refractivity contribution >= 4 is 23.1 Å². The maximum absolute atomic E-state index is 11.3. The molecule has 0 aliphatic carbocycles. The van der Waals surface area contributed by atoms with Crippen LogP contribution >= 0.6 is 11.6 Å². The molecule has 1 atom stereocenters. The molecular weight excluding hydrogens is 296 g/mol. The molecule has 2 heterocycles. The summed E-state index contributed by atoms with van der Waals surface area (Å²) in [6.07, 6.45) is 2.90. The molecular formula is C13H19ClN4O3. The molecule has 116 valence electrons. The Morgan fingerprint density at radius 3 is 2.95 bits per heavy atom. The van der Waals surface area contributed by atoms with Crippen LogP contribution in [0.25, 0.3) is 0 Å². The Balaban J connectivity index is 2.26. The Bertz CT molecular complexity index is 526. The molecule has 0 N–H and O–H groups in total. The minimum Gasteiger partial charge on any atom is -0.376 e. The molecule has 21 heavy (non-hydrogen) atoms. The fourth-order valence-electron chi connectivity index (χ4n) is 2.50. The van der Waals surface area contributed by atoms with Gasteiger partial charge in [-0.3, -0.25) is 10.1 Å². The molecule has 1 aliphatic rings. The van der Waals surface area contributed by atoms with Crippen LogP contribution in [0.2, 0.25) is 5.28 Å². The lowest BCUT2D eigenvalue weighted by atomic mass is 10.1. The van der Waals surface area contributed by atoms with Crippen LogP contribution in [0.5, 0.6) is 0 Å². The molecule has 1 saturated heterocycles. The second kappa shape index (κ2) is 7.00. The summed E-state index contributed by atoms with van der Waals surface area (Å²) in [5.41, 5.74) is 0.210. The van der Waals surface area contributed by atoms with Gasteiger partial charge in [-0.2, -0.15) is 4.98 Å². The number of ether oxygens (including phenoxy) is 1. The van der Waals surface area contributed by atoms with Gasteiger partial charge in [0.25, 0.3) is 0 Å². The topological polar surface area (TPSA) is 81.4 Å². The number of nitrogens with zero attached hydrogens (tertiary/aromatic N) is 4. The highest BCUT2D eigenvalue weighted by molar-refractivity contribution is 6.28. The fourth-order valence-corrected chi connectivity index (χ4v) is 2.71. The standard InChI is InChI=1S/C13H19ClN4O3/c1-3-7-21-10-5-4-6-17(8-10)12-11(18(19)20)9(2)15-13(14)16-12/h10H,3-8H2,1-2H3. The van der Waals surface area contributed by atoms with Crippen molar-refractivity contribution in [1.82, 2.24) is 9.97 Å². The zero-order valence-corrected chi connectivity index (χ0v) is 13.0. The number of hydrogen-bond donors (Lipinski definition) is 0. The zero-order valence-electron chi connectivity index (χ0n) is 12.2. The van der Waals surface area contributed by atoms with Crippen LogP contribution in [0.15, 0.2) is 0 Å². The van der Waals surface area contributed by atoms with Crippen molar-refractivity contribution in [1.29, 1.82) is 0 Å². The van der Waals surface area contributed by atoms with Gasteiger partial charge in [0, 0.05) is 19.7 Å². The third kappa shape index (κ3) is 3.79. The van der Waals surface area contributed by atoms with E-state index in [9.17, 15) is 10.1 Å². The summed E-state index contributed by atoms with van der Waals surface area (Å²) in [4.78, 5) is 20.7. The van der Waals surface area contributed by atoms with Crippen LogP contribution in [-0.4, -0.2) is 40.7 Å². The maximum Gasteiger partial charge on any atom is 0.332 e. The minimum atomic E-state index is -0.447. The van der Waals surface area contributed by atoms with E-state index in [1.807, 2.05) is 4.90 Å². The molecule has 1 fully saturated rings. The van der Waals surface area contributed by atoms with E-state index in [0.717, 1.165) is 19.3 Å². The van der Waals surface area contributed by atoms with Gasteiger partial charge in [0.05, 0.1) is 11.0 Å². The van der Waals surface area contributed by atoms with Crippen molar-refractivity contribution in [3.8, 4) is 0 Å². The minimum absolute atomic E-state index is 0.0321. The number of aryl methyl sites for hydroxylation is 1. The van der Waals surface area contributed by atoms with Gasteiger partial charge in [-0.1, -0.05) is 6.92 Å². The fraction of sp³-hybridized carbons (Fsp3) is 0.692. The second-order valence-corrected chi connectivity index (χ2v) is 5.43. The maximum atomic E-state index is 11.3. The largest absolute Gasteiger partial charge is 0.376 e. The van der Waals surface area contributed by atoms with E-state index in [2.05, 4.69) is 16.9 Å². The van der Waals surface area contributed by atoms with Crippen molar-refractivity contribution in [3.63, 3.8) is 0 Å². The highest BCUT2D eigenvalue weighted by Gasteiger charge is 2.30. The van der Waals surface area contributed by atoms with Crippen LogP contribution in [0.4, 0.5) is 11.5 Å². The normalized spacial score (nSPS) is 18.8. The summed E-state index contributed by atoms with van der Waals surface area (Å²) in [7, 11) is 0. The molecule has 1 aliphatic heterocycles. The monoisotopic (exact) mass is 314 g/mol. The third-order valence-electron chi connectivity index (χ3n) is 3.43. The van der Waals surface area contributed by atoms with Gasteiger partial charge in [0.1, 0.15) is 5.69 Å². The highest BCUT2D eigenvalue weighted by atomic mass is 35.5. The molecule has 8 heteroatoms. The first-order chi connectivity index (χ1) is 10.0. The third-order valence-corrected chi connectivity index (χ3v) is 3.60. The molecule has 1 unspecified atom stereocenters. The molecule has 2 rings (SSSR count). The van der Waals surface area contributed by atoms with Gasteiger partial charge >= 0.3 is 5.69 Å². The first kappa shape index (κ1) is 15.9. The van der Waals surface area contributed by atoms with Crippen LogP contribution in [0.3, 0.4) is 0 Å². The SMILES string of the molecule is CCCOC1CCCN(c2nc(Cl)nc(C)c2[N+](=O)[O-])C1. The van der Waals surface area contributed by atoms with Crippen LogP contribution in [0, 0.1) is 17.0 Å². The van der Waals surface area contributed by atoms with E-state index in [1.54, 1.807) is 6.92 Å². The van der Waals surface area contributed by atoms with Crippen LogP contribution in [-0.2, 0) is 4.74 Å². The lowest BCUT2D eigenvalue weighted by Crippen LogP contribution is -2.40. The number of nitro groups is 1. The van der Waals surface area contributed by atoms with Crippen LogP contribution < -0.4 is 4.90 Å². The van der Waals surface area contributed by atoms with E-state index in [0.29, 0.717) is 25.5 Å². The van der Waals surface area contributed by atoms with Gasteiger partial charge in [-0.15, -0.1) is 0 Å².